The Morgan fingerprint density at radius 3 is 2.62 bits per heavy atom. The summed E-state index contributed by atoms with van der Waals surface area (Å²) in [6.45, 7) is 2.70. The molecule has 2 fully saturated rings. The molecule has 2 heterocycles. The third-order valence-electron chi connectivity index (χ3n) is 7.30. The first-order valence-corrected chi connectivity index (χ1v) is 11.8. The number of aliphatic hydroxyl groups excluding tert-OH is 1. The Balaban J connectivity index is 1.22. The molecule has 1 aliphatic carbocycles. The lowest BCUT2D eigenvalue weighted by Crippen LogP contribution is -2.32. The zero-order valence-corrected chi connectivity index (χ0v) is 18.3. The number of carbonyl (C=O) groups excluding carboxylic acids is 1. The predicted molar refractivity (Wildman–Crippen MR) is 121 cm³/mol. The Morgan fingerprint density at radius 1 is 1.09 bits per heavy atom. The number of β-amino-alcohol motifs (C(OH)–C–C–N with tert-alkyl or cyclic N) is 1. The van der Waals surface area contributed by atoms with E-state index in [-0.39, 0.29) is 17.6 Å². The molecule has 5 nitrogen and oxygen atoms in total. The number of carbonyl (C=O) groups is 1. The van der Waals surface area contributed by atoms with E-state index in [2.05, 4.69) is 4.90 Å². The van der Waals surface area contributed by atoms with Crippen molar-refractivity contribution in [1.82, 2.24) is 4.90 Å². The highest BCUT2D eigenvalue weighted by Crippen LogP contribution is 2.38. The molecular formula is C26H31FN2O3. The van der Waals surface area contributed by atoms with Gasteiger partial charge in [0.25, 0.3) is 0 Å². The molecule has 170 valence electrons. The molecule has 2 aliphatic heterocycles. The van der Waals surface area contributed by atoms with E-state index >= 15 is 0 Å². The summed E-state index contributed by atoms with van der Waals surface area (Å²) in [6, 6.07) is 12.1. The maximum atomic E-state index is 13.3. The number of likely N-dealkylation sites (tertiary alicyclic amines) is 1. The maximum absolute atomic E-state index is 13.3. The molecule has 0 unspecified atom stereocenters. The standard InChI is InChI=1S/C26H31FN2O3/c27-22-7-5-21(6-8-22)26(32)11-1-13-28(15-12-26)17-24(30)20-4-9-23-19(16-20)10-14-29(23)25(31)18-2-3-18/h4-9,16,18,24,30,32H,1-3,10-15,17H2/t24-,26-/m0/s1. The van der Waals surface area contributed by atoms with E-state index in [0.29, 0.717) is 25.9 Å². The highest BCUT2D eigenvalue weighted by molar-refractivity contribution is 5.98. The van der Waals surface area contributed by atoms with Gasteiger partial charge in [0, 0.05) is 31.2 Å². The Hall–Kier alpha value is -2.28. The molecule has 0 radical (unpaired) electrons. The van der Waals surface area contributed by atoms with Crippen LogP contribution in [0.25, 0.3) is 0 Å². The average molecular weight is 439 g/mol. The highest BCUT2D eigenvalue weighted by atomic mass is 19.1. The summed E-state index contributed by atoms with van der Waals surface area (Å²) in [4.78, 5) is 16.6. The summed E-state index contributed by atoms with van der Waals surface area (Å²) in [6.07, 6.45) is 4.21. The third-order valence-corrected chi connectivity index (χ3v) is 7.30. The molecule has 2 aromatic carbocycles. The van der Waals surface area contributed by atoms with E-state index in [0.717, 1.165) is 61.2 Å². The SMILES string of the molecule is O=C(C1CC1)N1CCc2cc([C@@H](O)CN3CCC[C@@](O)(c4ccc(F)cc4)CC3)ccc21. The number of rotatable bonds is 5. The van der Waals surface area contributed by atoms with Gasteiger partial charge in [0.05, 0.1) is 11.7 Å². The van der Waals surface area contributed by atoms with Gasteiger partial charge >= 0.3 is 0 Å². The van der Waals surface area contributed by atoms with E-state index in [1.807, 2.05) is 23.1 Å². The Morgan fingerprint density at radius 2 is 1.88 bits per heavy atom. The zero-order chi connectivity index (χ0) is 22.3. The molecule has 2 atom stereocenters. The van der Waals surface area contributed by atoms with Gasteiger partial charge in [-0.15, -0.1) is 0 Å². The van der Waals surface area contributed by atoms with Crippen LogP contribution < -0.4 is 4.90 Å². The summed E-state index contributed by atoms with van der Waals surface area (Å²) >= 11 is 0. The first kappa shape index (κ1) is 21.6. The van der Waals surface area contributed by atoms with Crippen molar-refractivity contribution in [3.05, 3.63) is 65.0 Å². The van der Waals surface area contributed by atoms with Gasteiger partial charge in [0.1, 0.15) is 5.82 Å². The van der Waals surface area contributed by atoms with Gasteiger partial charge in [-0.25, -0.2) is 4.39 Å². The van der Waals surface area contributed by atoms with Crippen LogP contribution in [0.2, 0.25) is 0 Å². The average Bonchev–Trinajstić information content (AvgIpc) is 3.58. The molecule has 32 heavy (non-hydrogen) atoms. The van der Waals surface area contributed by atoms with Crippen LogP contribution >= 0.6 is 0 Å². The van der Waals surface area contributed by atoms with Gasteiger partial charge in [-0.2, -0.15) is 0 Å². The van der Waals surface area contributed by atoms with Crippen molar-refractivity contribution >= 4 is 11.6 Å². The second kappa shape index (κ2) is 8.58. The number of hydrogen-bond donors (Lipinski definition) is 2. The van der Waals surface area contributed by atoms with Crippen molar-refractivity contribution in [2.45, 2.75) is 50.2 Å². The summed E-state index contributed by atoms with van der Waals surface area (Å²) in [5.41, 5.74) is 2.81. The van der Waals surface area contributed by atoms with Crippen molar-refractivity contribution in [2.24, 2.45) is 5.92 Å². The maximum Gasteiger partial charge on any atom is 0.230 e. The van der Waals surface area contributed by atoms with Crippen molar-refractivity contribution in [3.8, 4) is 0 Å². The number of aliphatic hydroxyl groups is 2. The third kappa shape index (κ3) is 4.32. The minimum atomic E-state index is -0.960. The van der Waals surface area contributed by atoms with Gasteiger partial charge in [-0.1, -0.05) is 24.3 Å². The van der Waals surface area contributed by atoms with Crippen LogP contribution in [0.15, 0.2) is 42.5 Å². The van der Waals surface area contributed by atoms with E-state index in [4.69, 9.17) is 0 Å². The molecule has 0 aromatic heterocycles. The molecule has 2 N–H and O–H groups in total. The van der Waals surface area contributed by atoms with E-state index in [9.17, 15) is 19.4 Å². The monoisotopic (exact) mass is 438 g/mol. The number of hydrogen-bond acceptors (Lipinski definition) is 4. The molecule has 0 spiro atoms. The largest absolute Gasteiger partial charge is 0.387 e. The highest BCUT2D eigenvalue weighted by Gasteiger charge is 2.37. The number of nitrogens with zero attached hydrogens (tertiary/aromatic N) is 2. The van der Waals surface area contributed by atoms with E-state index < -0.39 is 11.7 Å². The van der Waals surface area contributed by atoms with Gasteiger partial charge in [0.2, 0.25) is 5.91 Å². The summed E-state index contributed by atoms with van der Waals surface area (Å²) < 4.78 is 13.3. The molecule has 2 aromatic rings. The van der Waals surface area contributed by atoms with Crippen LogP contribution in [0.3, 0.4) is 0 Å². The van der Waals surface area contributed by atoms with Crippen molar-refractivity contribution < 1.29 is 19.4 Å². The van der Waals surface area contributed by atoms with Crippen LogP contribution in [0.5, 0.6) is 0 Å². The second-order valence-corrected chi connectivity index (χ2v) is 9.61. The summed E-state index contributed by atoms with van der Waals surface area (Å²) in [5.74, 6) is 0.156. The van der Waals surface area contributed by atoms with Crippen LogP contribution in [0.1, 0.15) is 54.9 Å². The summed E-state index contributed by atoms with van der Waals surface area (Å²) in [5, 5.41) is 22.1. The lowest BCUT2D eigenvalue weighted by atomic mass is 9.87. The Bertz CT molecular complexity index is 991. The van der Waals surface area contributed by atoms with Crippen molar-refractivity contribution in [1.29, 1.82) is 0 Å². The van der Waals surface area contributed by atoms with Crippen molar-refractivity contribution in [2.75, 3.05) is 31.1 Å². The van der Waals surface area contributed by atoms with Gasteiger partial charge in [-0.3, -0.25) is 4.79 Å². The lowest BCUT2D eigenvalue weighted by Gasteiger charge is -2.28. The number of anilines is 1. The number of benzene rings is 2. The van der Waals surface area contributed by atoms with Gasteiger partial charge in [-0.05, 0) is 80.0 Å². The number of fused-ring (bicyclic) bond motifs is 1. The fourth-order valence-corrected chi connectivity index (χ4v) is 5.16. The fraction of sp³-hybridized carbons (Fsp3) is 0.500. The first-order chi connectivity index (χ1) is 15.4. The Kier molecular flexibility index (Phi) is 5.78. The van der Waals surface area contributed by atoms with Crippen molar-refractivity contribution in [3.63, 3.8) is 0 Å². The summed E-state index contributed by atoms with van der Waals surface area (Å²) in [7, 11) is 0. The minimum absolute atomic E-state index is 0.211. The number of amides is 1. The molecule has 1 saturated carbocycles. The molecule has 1 saturated heterocycles. The van der Waals surface area contributed by atoms with E-state index in [1.165, 1.54) is 12.1 Å². The van der Waals surface area contributed by atoms with Gasteiger partial charge < -0.3 is 20.0 Å². The fourth-order valence-electron chi connectivity index (χ4n) is 5.16. The Labute approximate surface area is 188 Å². The van der Waals surface area contributed by atoms with Crippen LogP contribution in [-0.2, 0) is 16.8 Å². The molecule has 1 amide bonds. The van der Waals surface area contributed by atoms with Crippen LogP contribution in [-0.4, -0.2) is 47.2 Å². The topological polar surface area (TPSA) is 64.0 Å². The number of halogens is 1. The molecule has 6 heteroatoms. The predicted octanol–water partition coefficient (Wildman–Crippen LogP) is 3.53. The van der Waals surface area contributed by atoms with E-state index in [1.54, 1.807) is 12.1 Å². The minimum Gasteiger partial charge on any atom is -0.387 e. The quantitative estimate of drug-likeness (QED) is 0.750. The molecule has 3 aliphatic rings. The second-order valence-electron chi connectivity index (χ2n) is 9.61. The van der Waals surface area contributed by atoms with Crippen LogP contribution in [0, 0.1) is 11.7 Å². The zero-order valence-electron chi connectivity index (χ0n) is 18.3. The first-order valence-electron chi connectivity index (χ1n) is 11.8. The lowest BCUT2D eigenvalue weighted by molar-refractivity contribution is -0.119. The van der Waals surface area contributed by atoms with Crippen LogP contribution in [0.4, 0.5) is 10.1 Å². The molecule has 0 bridgehead atoms. The normalized spacial score (nSPS) is 24.8. The smallest absolute Gasteiger partial charge is 0.230 e. The van der Waals surface area contributed by atoms with Gasteiger partial charge in [0.15, 0.2) is 0 Å². The molecule has 5 rings (SSSR count). The molecular weight excluding hydrogens is 407 g/mol.